The second-order valence-corrected chi connectivity index (χ2v) is 5.05. The minimum Gasteiger partial charge on any atom is -0.476 e. The van der Waals surface area contributed by atoms with E-state index in [4.69, 9.17) is 5.11 Å². The van der Waals surface area contributed by atoms with E-state index in [0.29, 0.717) is 6.54 Å². The molecule has 0 aliphatic heterocycles. The quantitative estimate of drug-likeness (QED) is 0.801. The molecule has 2 aromatic heterocycles. The molecule has 19 heavy (non-hydrogen) atoms. The van der Waals surface area contributed by atoms with Gasteiger partial charge in [0.1, 0.15) is 6.54 Å². The summed E-state index contributed by atoms with van der Waals surface area (Å²) >= 11 is 1.51. The van der Waals surface area contributed by atoms with Crippen molar-refractivity contribution in [2.45, 2.75) is 20.0 Å². The molecule has 0 aliphatic carbocycles. The molecule has 0 spiro atoms. The molecule has 0 atom stereocenters. The number of nitrogens with one attached hydrogen (secondary N) is 1. The van der Waals surface area contributed by atoms with Crippen molar-refractivity contribution in [3.63, 3.8) is 0 Å². The number of carbonyl (C=O) groups is 2. The van der Waals surface area contributed by atoms with Crippen LogP contribution in [-0.4, -0.2) is 37.0 Å². The Morgan fingerprint density at radius 3 is 2.89 bits per heavy atom. The van der Waals surface area contributed by atoms with Crippen LogP contribution in [0.4, 0.5) is 0 Å². The Morgan fingerprint density at radius 2 is 2.32 bits per heavy atom. The van der Waals surface area contributed by atoms with Gasteiger partial charge >= 0.3 is 5.97 Å². The van der Waals surface area contributed by atoms with Gasteiger partial charge in [-0.15, -0.1) is 16.4 Å². The maximum Gasteiger partial charge on any atom is 0.358 e. The minimum atomic E-state index is -1.17. The van der Waals surface area contributed by atoms with Crippen LogP contribution in [0.15, 0.2) is 12.4 Å². The number of carboxylic acids is 1. The molecule has 0 saturated carbocycles. The molecule has 0 aliphatic rings. The van der Waals surface area contributed by atoms with Gasteiger partial charge in [-0.2, -0.15) is 0 Å². The molecule has 2 rings (SSSR count). The predicted molar refractivity (Wildman–Crippen MR) is 65.7 cm³/mol. The SMILES string of the molecule is Cc1ncc(CNC(=O)Cn2cc(C(=O)O)nn2)s1. The van der Waals surface area contributed by atoms with Crippen molar-refractivity contribution in [2.24, 2.45) is 0 Å². The number of carboxylic acid groups (broad SMARTS) is 1. The van der Waals surface area contributed by atoms with E-state index in [2.05, 4.69) is 20.6 Å². The van der Waals surface area contributed by atoms with E-state index in [1.807, 2.05) is 6.92 Å². The lowest BCUT2D eigenvalue weighted by Crippen LogP contribution is -2.27. The Morgan fingerprint density at radius 1 is 1.53 bits per heavy atom. The second kappa shape index (κ2) is 5.57. The van der Waals surface area contributed by atoms with Crippen LogP contribution < -0.4 is 5.32 Å². The van der Waals surface area contributed by atoms with Crippen LogP contribution in [-0.2, 0) is 17.9 Å². The number of aromatic carboxylic acids is 1. The highest BCUT2D eigenvalue weighted by Gasteiger charge is 2.10. The molecule has 0 unspecified atom stereocenters. The fraction of sp³-hybridized carbons (Fsp3) is 0.300. The lowest BCUT2D eigenvalue weighted by Gasteiger charge is -2.02. The third-order valence-electron chi connectivity index (χ3n) is 2.19. The highest BCUT2D eigenvalue weighted by molar-refractivity contribution is 7.11. The summed E-state index contributed by atoms with van der Waals surface area (Å²) in [5.74, 6) is -1.44. The molecule has 0 aromatic carbocycles. The Labute approximate surface area is 112 Å². The van der Waals surface area contributed by atoms with Gasteiger partial charge in [0.25, 0.3) is 0 Å². The molecule has 100 valence electrons. The Balaban J connectivity index is 1.85. The fourth-order valence-electron chi connectivity index (χ4n) is 1.35. The van der Waals surface area contributed by atoms with Crippen molar-refractivity contribution in [2.75, 3.05) is 0 Å². The van der Waals surface area contributed by atoms with Gasteiger partial charge in [-0.1, -0.05) is 5.21 Å². The molecule has 1 amide bonds. The molecule has 0 radical (unpaired) electrons. The van der Waals surface area contributed by atoms with Crippen LogP contribution in [0.2, 0.25) is 0 Å². The molecule has 2 aromatic rings. The zero-order valence-electron chi connectivity index (χ0n) is 10.0. The maximum absolute atomic E-state index is 11.6. The Bertz CT molecular complexity index is 606. The minimum absolute atomic E-state index is 0.0714. The summed E-state index contributed by atoms with van der Waals surface area (Å²) in [6.45, 7) is 2.21. The average Bonchev–Trinajstić information content (AvgIpc) is 2.96. The Hall–Kier alpha value is -2.29. The summed E-state index contributed by atoms with van der Waals surface area (Å²) in [7, 11) is 0. The van der Waals surface area contributed by atoms with E-state index in [0.717, 1.165) is 9.88 Å². The second-order valence-electron chi connectivity index (χ2n) is 3.73. The standard InChI is InChI=1S/C10H11N5O3S/c1-6-11-2-7(19-6)3-12-9(16)5-15-4-8(10(17)18)13-14-15/h2,4H,3,5H2,1H3,(H,12,16)(H,17,18). The number of hydrogen-bond donors (Lipinski definition) is 2. The molecule has 9 heteroatoms. The topological polar surface area (TPSA) is 110 Å². The van der Waals surface area contributed by atoms with Gasteiger partial charge in [0, 0.05) is 11.1 Å². The van der Waals surface area contributed by atoms with Crippen molar-refractivity contribution in [1.29, 1.82) is 0 Å². The van der Waals surface area contributed by atoms with Gasteiger partial charge in [-0.3, -0.25) is 4.79 Å². The van der Waals surface area contributed by atoms with E-state index in [9.17, 15) is 9.59 Å². The maximum atomic E-state index is 11.6. The smallest absolute Gasteiger partial charge is 0.358 e. The van der Waals surface area contributed by atoms with Crippen LogP contribution in [0.5, 0.6) is 0 Å². The molecular weight excluding hydrogens is 270 g/mol. The first-order chi connectivity index (χ1) is 9.04. The number of nitrogens with zero attached hydrogens (tertiary/aromatic N) is 4. The monoisotopic (exact) mass is 281 g/mol. The fourth-order valence-corrected chi connectivity index (χ4v) is 2.08. The number of thiazole rings is 1. The first-order valence-corrected chi connectivity index (χ1v) is 6.17. The summed E-state index contributed by atoms with van der Waals surface area (Å²) in [6.07, 6.45) is 2.91. The number of hydrogen-bond acceptors (Lipinski definition) is 6. The van der Waals surface area contributed by atoms with Crippen molar-refractivity contribution in [3.05, 3.63) is 28.0 Å². The number of rotatable bonds is 5. The summed E-state index contributed by atoms with van der Waals surface area (Å²) in [4.78, 5) is 27.2. The third-order valence-corrected chi connectivity index (χ3v) is 3.11. The highest BCUT2D eigenvalue weighted by Crippen LogP contribution is 2.10. The first-order valence-electron chi connectivity index (χ1n) is 5.36. The molecule has 0 bridgehead atoms. The van der Waals surface area contributed by atoms with Crippen molar-refractivity contribution >= 4 is 23.2 Å². The summed E-state index contributed by atoms with van der Waals surface area (Å²) < 4.78 is 1.18. The molecule has 0 saturated heterocycles. The van der Waals surface area contributed by atoms with Crippen LogP contribution in [0.1, 0.15) is 20.4 Å². The van der Waals surface area contributed by atoms with E-state index in [1.54, 1.807) is 6.20 Å². The van der Waals surface area contributed by atoms with Gasteiger partial charge in [0.05, 0.1) is 17.7 Å². The molecule has 8 nitrogen and oxygen atoms in total. The first kappa shape index (κ1) is 13.1. The third kappa shape index (κ3) is 3.58. The highest BCUT2D eigenvalue weighted by atomic mass is 32.1. The molecular formula is C10H11N5O3S. The Kier molecular flexibility index (Phi) is 3.85. The van der Waals surface area contributed by atoms with Gasteiger partial charge in [-0.05, 0) is 6.92 Å². The van der Waals surface area contributed by atoms with Crippen LogP contribution in [0.25, 0.3) is 0 Å². The number of carbonyl (C=O) groups excluding carboxylic acids is 1. The van der Waals surface area contributed by atoms with E-state index < -0.39 is 5.97 Å². The largest absolute Gasteiger partial charge is 0.476 e. The molecule has 2 heterocycles. The number of aromatic nitrogens is 4. The van der Waals surface area contributed by atoms with Gasteiger partial charge in [0.2, 0.25) is 5.91 Å². The van der Waals surface area contributed by atoms with E-state index in [1.165, 1.54) is 22.2 Å². The van der Waals surface area contributed by atoms with Crippen LogP contribution in [0, 0.1) is 6.92 Å². The zero-order valence-corrected chi connectivity index (χ0v) is 10.8. The average molecular weight is 281 g/mol. The predicted octanol–water partition coefficient (Wildman–Crippen LogP) is 0.0576. The van der Waals surface area contributed by atoms with Crippen molar-refractivity contribution < 1.29 is 14.7 Å². The lowest BCUT2D eigenvalue weighted by molar-refractivity contribution is -0.122. The number of amides is 1. The summed E-state index contributed by atoms with van der Waals surface area (Å²) in [6, 6.07) is 0. The zero-order chi connectivity index (χ0) is 13.8. The normalized spacial score (nSPS) is 10.4. The van der Waals surface area contributed by atoms with Crippen LogP contribution in [0.3, 0.4) is 0 Å². The van der Waals surface area contributed by atoms with Gasteiger partial charge in [-0.25, -0.2) is 14.5 Å². The van der Waals surface area contributed by atoms with E-state index >= 15 is 0 Å². The molecule has 0 fully saturated rings. The van der Waals surface area contributed by atoms with Crippen molar-refractivity contribution in [3.8, 4) is 0 Å². The number of aryl methyl sites for hydroxylation is 1. The summed E-state index contributed by atoms with van der Waals surface area (Å²) in [5, 5.41) is 19.3. The van der Waals surface area contributed by atoms with Gasteiger partial charge in [0.15, 0.2) is 5.69 Å². The molecule has 2 N–H and O–H groups in total. The van der Waals surface area contributed by atoms with Crippen LogP contribution >= 0.6 is 11.3 Å². The lowest BCUT2D eigenvalue weighted by atomic mass is 10.5. The van der Waals surface area contributed by atoms with E-state index in [-0.39, 0.29) is 18.1 Å². The van der Waals surface area contributed by atoms with Crippen molar-refractivity contribution in [1.82, 2.24) is 25.3 Å². The summed E-state index contributed by atoms with van der Waals surface area (Å²) in [5.41, 5.74) is -0.189. The van der Waals surface area contributed by atoms with Gasteiger partial charge < -0.3 is 10.4 Å².